The third kappa shape index (κ3) is 8.89. The normalized spacial score (nSPS) is 14.0. The lowest BCUT2D eigenvalue weighted by atomic mass is 9.96. The van der Waals surface area contributed by atoms with E-state index in [2.05, 4.69) is 9.80 Å². The van der Waals surface area contributed by atoms with E-state index in [1.54, 1.807) is 14.2 Å². The third-order valence-corrected chi connectivity index (χ3v) is 6.40. The second-order valence-electron chi connectivity index (χ2n) is 9.01. The van der Waals surface area contributed by atoms with Gasteiger partial charge in [0.15, 0.2) is 0 Å². The van der Waals surface area contributed by atoms with Gasteiger partial charge in [0, 0.05) is 56.5 Å². The number of methoxy groups -OCH3 is 2. The van der Waals surface area contributed by atoms with Gasteiger partial charge in [0.2, 0.25) is 0 Å². The zero-order chi connectivity index (χ0) is 29.1. The molecule has 1 aliphatic heterocycles. The number of rotatable bonds is 9. The van der Waals surface area contributed by atoms with Gasteiger partial charge in [-0.3, -0.25) is 9.80 Å². The van der Waals surface area contributed by atoms with Gasteiger partial charge in [-0.25, -0.2) is 18.4 Å². The van der Waals surface area contributed by atoms with Crippen molar-refractivity contribution in [2.45, 2.75) is 12.6 Å². The number of hydrogen-bond acceptors (Lipinski definition) is 6. The maximum Gasteiger partial charge on any atom is 0.328 e. The molecule has 0 aromatic heterocycles. The number of hydrogen-bond donors (Lipinski definition) is 2. The van der Waals surface area contributed by atoms with Crippen LogP contribution >= 0.6 is 0 Å². The molecule has 0 spiro atoms. The maximum atomic E-state index is 13.5. The average molecular weight is 555 g/mol. The van der Waals surface area contributed by atoms with Crippen LogP contribution in [0.3, 0.4) is 0 Å². The number of halogens is 2. The van der Waals surface area contributed by atoms with E-state index < -0.39 is 11.9 Å². The van der Waals surface area contributed by atoms with E-state index in [0.717, 1.165) is 60.9 Å². The highest BCUT2D eigenvalue weighted by atomic mass is 19.1. The van der Waals surface area contributed by atoms with Crippen molar-refractivity contribution < 1.29 is 38.1 Å². The van der Waals surface area contributed by atoms with Gasteiger partial charge in [-0.2, -0.15) is 0 Å². The summed E-state index contributed by atoms with van der Waals surface area (Å²) in [5, 5.41) is 15.6. The summed E-state index contributed by atoms with van der Waals surface area (Å²) >= 11 is 0. The fraction of sp³-hybridized carbons (Fsp3) is 0.267. The Morgan fingerprint density at radius 3 is 1.73 bits per heavy atom. The summed E-state index contributed by atoms with van der Waals surface area (Å²) in [6.07, 6.45) is 1.12. The lowest BCUT2D eigenvalue weighted by Gasteiger charge is -2.40. The first-order valence-electron chi connectivity index (χ1n) is 12.5. The van der Waals surface area contributed by atoms with Crippen LogP contribution in [0, 0.1) is 11.6 Å². The van der Waals surface area contributed by atoms with Gasteiger partial charge < -0.3 is 19.7 Å². The van der Waals surface area contributed by atoms with Crippen LogP contribution in [-0.4, -0.2) is 72.4 Å². The first-order chi connectivity index (χ1) is 19.2. The number of aliphatic carboxylic acids is 2. The first-order valence-corrected chi connectivity index (χ1v) is 12.5. The predicted molar refractivity (Wildman–Crippen MR) is 145 cm³/mol. The van der Waals surface area contributed by atoms with Gasteiger partial charge in [-0.15, -0.1) is 0 Å². The summed E-state index contributed by atoms with van der Waals surface area (Å²) in [7, 11) is 3.32. The van der Waals surface area contributed by atoms with Crippen molar-refractivity contribution >= 4 is 11.9 Å². The molecule has 212 valence electrons. The van der Waals surface area contributed by atoms with Crippen LogP contribution in [0.4, 0.5) is 8.78 Å². The van der Waals surface area contributed by atoms with Gasteiger partial charge >= 0.3 is 11.9 Å². The van der Waals surface area contributed by atoms with Crippen LogP contribution in [-0.2, 0) is 16.1 Å². The molecule has 3 aromatic carbocycles. The molecule has 0 saturated carbocycles. The van der Waals surface area contributed by atoms with Crippen molar-refractivity contribution in [3.63, 3.8) is 0 Å². The minimum absolute atomic E-state index is 0.0473. The largest absolute Gasteiger partial charge is 0.497 e. The summed E-state index contributed by atoms with van der Waals surface area (Å²) in [4.78, 5) is 23.9. The van der Waals surface area contributed by atoms with E-state index >= 15 is 0 Å². The van der Waals surface area contributed by atoms with Crippen LogP contribution in [0.25, 0.3) is 0 Å². The molecule has 0 unspecified atom stereocenters. The molecular formula is C30H32F2N2O6. The zero-order valence-corrected chi connectivity index (χ0v) is 22.3. The molecule has 3 aromatic rings. The Bertz CT molecular complexity index is 1230. The topological polar surface area (TPSA) is 99.5 Å². The summed E-state index contributed by atoms with van der Waals surface area (Å²) in [6.45, 7) is 4.25. The minimum Gasteiger partial charge on any atom is -0.497 e. The van der Waals surface area contributed by atoms with Crippen molar-refractivity contribution in [3.8, 4) is 11.5 Å². The van der Waals surface area contributed by atoms with Gasteiger partial charge in [0.25, 0.3) is 0 Å². The van der Waals surface area contributed by atoms with E-state index in [9.17, 15) is 18.4 Å². The van der Waals surface area contributed by atoms with Crippen molar-refractivity contribution in [3.05, 3.63) is 107 Å². The fourth-order valence-electron chi connectivity index (χ4n) is 4.45. The number of carboxylic acids is 2. The van der Waals surface area contributed by atoms with Crippen molar-refractivity contribution in [2.75, 3.05) is 40.4 Å². The first kappa shape index (κ1) is 30.3. The molecule has 0 bridgehead atoms. The molecular weight excluding hydrogens is 522 g/mol. The van der Waals surface area contributed by atoms with Crippen LogP contribution in [0.15, 0.2) is 78.9 Å². The smallest absolute Gasteiger partial charge is 0.328 e. The van der Waals surface area contributed by atoms with Crippen LogP contribution < -0.4 is 9.47 Å². The molecule has 40 heavy (non-hydrogen) atoms. The Hall–Kier alpha value is -4.28. The highest BCUT2D eigenvalue weighted by Crippen LogP contribution is 2.31. The molecule has 8 nitrogen and oxygen atoms in total. The molecule has 4 rings (SSSR count). The molecule has 10 heteroatoms. The average Bonchev–Trinajstić information content (AvgIpc) is 2.95. The van der Waals surface area contributed by atoms with Crippen LogP contribution in [0.2, 0.25) is 0 Å². The number of benzene rings is 3. The number of carbonyl (C=O) groups is 2. The summed E-state index contributed by atoms with van der Waals surface area (Å²) in [6, 6.07) is 19.1. The summed E-state index contributed by atoms with van der Waals surface area (Å²) in [5.74, 6) is -1.44. The minimum atomic E-state index is -1.26. The second-order valence-corrected chi connectivity index (χ2v) is 9.01. The number of ether oxygens (including phenoxy) is 2. The zero-order valence-electron chi connectivity index (χ0n) is 22.3. The van der Waals surface area contributed by atoms with E-state index in [1.807, 2.05) is 42.5 Å². The van der Waals surface area contributed by atoms with E-state index in [-0.39, 0.29) is 17.7 Å². The monoisotopic (exact) mass is 554 g/mol. The maximum absolute atomic E-state index is 13.5. The molecule has 2 N–H and O–H groups in total. The lowest BCUT2D eigenvalue weighted by molar-refractivity contribution is -0.134. The van der Waals surface area contributed by atoms with Crippen molar-refractivity contribution in [2.24, 2.45) is 0 Å². The summed E-state index contributed by atoms with van der Waals surface area (Å²) in [5.41, 5.74) is 3.13. The Labute approximate surface area is 231 Å². The van der Waals surface area contributed by atoms with Gasteiger partial charge in [0.05, 0.1) is 20.3 Å². The van der Waals surface area contributed by atoms with Crippen molar-refractivity contribution in [1.82, 2.24) is 9.80 Å². The molecule has 0 atom stereocenters. The predicted octanol–water partition coefficient (Wildman–Crippen LogP) is 4.60. The summed E-state index contributed by atoms with van der Waals surface area (Å²) < 4.78 is 37.9. The van der Waals surface area contributed by atoms with E-state index in [0.29, 0.717) is 12.2 Å². The number of carboxylic acid groups (broad SMARTS) is 2. The third-order valence-electron chi connectivity index (χ3n) is 6.40. The number of nitrogens with zero attached hydrogens (tertiary/aromatic N) is 2. The van der Waals surface area contributed by atoms with Gasteiger partial charge in [-0.05, 0) is 41.5 Å². The van der Waals surface area contributed by atoms with E-state index in [1.165, 1.54) is 24.3 Å². The Morgan fingerprint density at radius 2 is 1.30 bits per heavy atom. The molecule has 1 fully saturated rings. The number of piperazine rings is 1. The van der Waals surface area contributed by atoms with E-state index in [4.69, 9.17) is 19.7 Å². The second kappa shape index (κ2) is 14.8. The molecule has 1 heterocycles. The van der Waals surface area contributed by atoms with Crippen LogP contribution in [0.5, 0.6) is 11.5 Å². The highest BCUT2D eigenvalue weighted by molar-refractivity contribution is 5.89. The van der Waals surface area contributed by atoms with Crippen LogP contribution in [0.1, 0.15) is 22.7 Å². The van der Waals surface area contributed by atoms with Gasteiger partial charge in [-0.1, -0.05) is 30.3 Å². The highest BCUT2D eigenvalue weighted by Gasteiger charge is 2.27. The van der Waals surface area contributed by atoms with Crippen molar-refractivity contribution in [1.29, 1.82) is 0 Å². The fourth-order valence-corrected chi connectivity index (χ4v) is 4.45. The Kier molecular flexibility index (Phi) is 11.2. The SMILES string of the molecule is COc1ccc(CN2CCN(C(c3ccc(F)cc3)c3ccc(F)cc3)CC2)c(OC)c1.O=C(O)C=CC(=O)O. The Morgan fingerprint density at radius 1 is 0.800 bits per heavy atom. The quantitative estimate of drug-likeness (QED) is 0.371. The standard InChI is InChI=1S/C26H28F2N2O2.C4H4O4/c1-31-24-12-7-21(25(17-24)32-2)18-29-13-15-30(16-14-29)26(19-3-8-22(27)9-4-19)20-5-10-23(28)11-6-20;5-3(6)1-2-4(7)8/h3-12,17,26H,13-16,18H2,1-2H3;1-2H,(H,5,6)(H,7,8). The molecule has 1 aliphatic rings. The lowest BCUT2D eigenvalue weighted by Crippen LogP contribution is -2.47. The van der Waals surface area contributed by atoms with Gasteiger partial charge in [0.1, 0.15) is 23.1 Å². The molecule has 0 amide bonds. The molecule has 1 saturated heterocycles. The molecule has 0 aliphatic carbocycles. The molecule has 0 radical (unpaired) electrons. The Balaban J connectivity index is 0.000000482.